The molecule has 110 valence electrons. The largest absolute Gasteiger partial charge is 0.424 e. The van der Waals surface area contributed by atoms with Gasteiger partial charge in [0.25, 0.3) is 11.9 Å². The number of carbonyl (C=O) groups excluding carboxylic acids is 1. The first-order valence-electron chi connectivity index (χ1n) is 6.63. The molecule has 1 amide bonds. The van der Waals surface area contributed by atoms with Crippen molar-refractivity contribution in [1.82, 2.24) is 4.90 Å². The SMILES string of the molecule is O=C(c1ccc(Oc2ccccc2Cl)o1)N1CCOCC1. The molecule has 0 N–H and O–H groups in total. The average Bonchev–Trinajstić information content (AvgIpc) is 2.98. The second kappa shape index (κ2) is 6.20. The Morgan fingerprint density at radius 3 is 2.67 bits per heavy atom. The first-order valence-corrected chi connectivity index (χ1v) is 7.01. The van der Waals surface area contributed by atoms with Gasteiger partial charge in [0.2, 0.25) is 0 Å². The van der Waals surface area contributed by atoms with Gasteiger partial charge in [-0.15, -0.1) is 0 Å². The fourth-order valence-electron chi connectivity index (χ4n) is 2.05. The number of hydrogen-bond donors (Lipinski definition) is 0. The van der Waals surface area contributed by atoms with Gasteiger partial charge in [0.1, 0.15) is 5.75 Å². The molecule has 1 aliphatic rings. The van der Waals surface area contributed by atoms with Crippen LogP contribution in [0.2, 0.25) is 5.02 Å². The van der Waals surface area contributed by atoms with Gasteiger partial charge in [0, 0.05) is 19.2 Å². The van der Waals surface area contributed by atoms with Crippen LogP contribution in [0.4, 0.5) is 0 Å². The maximum atomic E-state index is 12.2. The summed E-state index contributed by atoms with van der Waals surface area (Å²) >= 11 is 6.01. The highest BCUT2D eigenvalue weighted by Crippen LogP contribution is 2.30. The number of para-hydroxylation sites is 1. The third kappa shape index (κ3) is 3.20. The van der Waals surface area contributed by atoms with Gasteiger partial charge in [-0.1, -0.05) is 23.7 Å². The highest BCUT2D eigenvalue weighted by atomic mass is 35.5. The number of nitrogens with zero attached hydrogens (tertiary/aromatic N) is 1. The molecule has 0 saturated carbocycles. The topological polar surface area (TPSA) is 51.9 Å². The van der Waals surface area contributed by atoms with E-state index in [9.17, 15) is 4.79 Å². The number of morpholine rings is 1. The molecule has 0 radical (unpaired) electrons. The second-order valence-corrected chi connectivity index (χ2v) is 4.96. The zero-order chi connectivity index (χ0) is 14.7. The molecule has 0 unspecified atom stereocenters. The van der Waals surface area contributed by atoms with Gasteiger partial charge < -0.3 is 18.8 Å². The average molecular weight is 308 g/mol. The predicted octanol–water partition coefficient (Wildman–Crippen LogP) is 3.20. The lowest BCUT2D eigenvalue weighted by molar-refractivity contribution is 0.0280. The summed E-state index contributed by atoms with van der Waals surface area (Å²) in [4.78, 5) is 13.9. The van der Waals surface area contributed by atoms with Gasteiger partial charge >= 0.3 is 0 Å². The Hall–Kier alpha value is -1.98. The van der Waals surface area contributed by atoms with Crippen LogP contribution in [-0.2, 0) is 4.74 Å². The molecule has 1 fully saturated rings. The number of hydrogen-bond acceptors (Lipinski definition) is 4. The Bertz CT molecular complexity index is 634. The molecular formula is C15H14ClNO4. The minimum Gasteiger partial charge on any atom is -0.424 e. The van der Waals surface area contributed by atoms with E-state index >= 15 is 0 Å². The van der Waals surface area contributed by atoms with E-state index in [1.807, 2.05) is 12.1 Å². The van der Waals surface area contributed by atoms with Crippen LogP contribution in [0.1, 0.15) is 10.6 Å². The van der Waals surface area contributed by atoms with Crippen LogP contribution in [0.5, 0.6) is 11.7 Å². The molecule has 1 aliphatic heterocycles. The zero-order valence-electron chi connectivity index (χ0n) is 11.3. The highest BCUT2D eigenvalue weighted by molar-refractivity contribution is 6.32. The number of rotatable bonds is 3. The molecule has 1 aromatic carbocycles. The molecule has 5 nitrogen and oxygen atoms in total. The Morgan fingerprint density at radius 2 is 1.90 bits per heavy atom. The molecule has 3 rings (SSSR count). The van der Waals surface area contributed by atoms with Gasteiger partial charge in [-0.3, -0.25) is 4.79 Å². The van der Waals surface area contributed by atoms with E-state index in [0.717, 1.165) is 0 Å². The Balaban J connectivity index is 1.71. The summed E-state index contributed by atoms with van der Waals surface area (Å²) in [5.74, 6) is 0.810. The lowest BCUT2D eigenvalue weighted by atomic mass is 10.3. The van der Waals surface area contributed by atoms with Gasteiger partial charge in [-0.05, 0) is 18.2 Å². The molecule has 6 heteroatoms. The van der Waals surface area contributed by atoms with Crippen LogP contribution in [0.25, 0.3) is 0 Å². The lowest BCUT2D eigenvalue weighted by Gasteiger charge is -2.25. The predicted molar refractivity (Wildman–Crippen MR) is 77.0 cm³/mol. The van der Waals surface area contributed by atoms with Crippen molar-refractivity contribution in [3.8, 4) is 11.7 Å². The standard InChI is InChI=1S/C15H14ClNO4/c16-11-3-1-2-4-12(11)20-14-6-5-13(21-14)15(18)17-7-9-19-10-8-17/h1-6H,7-10H2. The summed E-state index contributed by atoms with van der Waals surface area (Å²) in [7, 11) is 0. The molecule has 0 atom stereocenters. The van der Waals surface area contributed by atoms with E-state index < -0.39 is 0 Å². The second-order valence-electron chi connectivity index (χ2n) is 4.56. The summed E-state index contributed by atoms with van der Waals surface area (Å²) < 4.78 is 16.2. The van der Waals surface area contributed by atoms with Crippen molar-refractivity contribution in [2.75, 3.05) is 26.3 Å². The van der Waals surface area contributed by atoms with E-state index in [1.165, 1.54) is 0 Å². The summed E-state index contributed by atoms with van der Waals surface area (Å²) in [5.41, 5.74) is 0. The van der Waals surface area contributed by atoms with E-state index in [0.29, 0.717) is 37.1 Å². The van der Waals surface area contributed by atoms with Crippen LogP contribution < -0.4 is 4.74 Å². The number of amides is 1. The van der Waals surface area contributed by atoms with E-state index in [2.05, 4.69) is 0 Å². The maximum Gasteiger partial charge on any atom is 0.290 e. The van der Waals surface area contributed by atoms with Gasteiger partial charge in [-0.25, -0.2) is 0 Å². The van der Waals surface area contributed by atoms with Crippen molar-refractivity contribution in [2.24, 2.45) is 0 Å². The van der Waals surface area contributed by atoms with Gasteiger partial charge in [-0.2, -0.15) is 0 Å². The van der Waals surface area contributed by atoms with E-state index in [-0.39, 0.29) is 17.6 Å². The smallest absolute Gasteiger partial charge is 0.290 e. The Morgan fingerprint density at radius 1 is 1.14 bits per heavy atom. The van der Waals surface area contributed by atoms with E-state index in [1.54, 1.807) is 29.2 Å². The normalized spacial score (nSPS) is 15.0. The number of ether oxygens (including phenoxy) is 2. The summed E-state index contributed by atoms with van der Waals surface area (Å²) in [6, 6.07) is 10.3. The lowest BCUT2D eigenvalue weighted by Crippen LogP contribution is -2.40. The van der Waals surface area contributed by atoms with Crippen LogP contribution in [0, 0.1) is 0 Å². The molecule has 0 aliphatic carbocycles. The third-order valence-electron chi connectivity index (χ3n) is 3.14. The van der Waals surface area contributed by atoms with Gasteiger partial charge in [0.05, 0.1) is 18.2 Å². The van der Waals surface area contributed by atoms with Crippen molar-refractivity contribution in [2.45, 2.75) is 0 Å². The van der Waals surface area contributed by atoms with Crippen molar-refractivity contribution in [3.05, 3.63) is 47.2 Å². The molecule has 1 saturated heterocycles. The summed E-state index contributed by atoms with van der Waals surface area (Å²) in [6.45, 7) is 2.24. The molecule has 0 bridgehead atoms. The van der Waals surface area contributed by atoms with Crippen LogP contribution >= 0.6 is 11.6 Å². The third-order valence-corrected chi connectivity index (χ3v) is 3.45. The van der Waals surface area contributed by atoms with E-state index in [4.69, 9.17) is 25.5 Å². The highest BCUT2D eigenvalue weighted by Gasteiger charge is 2.21. The number of furan rings is 1. The molecule has 2 aromatic rings. The maximum absolute atomic E-state index is 12.2. The summed E-state index contributed by atoms with van der Waals surface area (Å²) in [5, 5.41) is 0.481. The van der Waals surface area contributed by atoms with Crippen molar-refractivity contribution in [1.29, 1.82) is 0 Å². The zero-order valence-corrected chi connectivity index (χ0v) is 12.0. The number of benzene rings is 1. The quantitative estimate of drug-likeness (QED) is 0.874. The number of halogens is 1. The Labute approximate surface area is 127 Å². The van der Waals surface area contributed by atoms with Crippen LogP contribution in [0.3, 0.4) is 0 Å². The van der Waals surface area contributed by atoms with Crippen LogP contribution in [-0.4, -0.2) is 37.1 Å². The molecule has 0 spiro atoms. The summed E-state index contributed by atoms with van der Waals surface area (Å²) in [6.07, 6.45) is 0. The fourth-order valence-corrected chi connectivity index (χ4v) is 2.22. The minimum atomic E-state index is -0.160. The molecule has 1 aromatic heterocycles. The first kappa shape index (κ1) is 14.0. The fraction of sp³-hybridized carbons (Fsp3) is 0.267. The van der Waals surface area contributed by atoms with Gasteiger partial charge in [0.15, 0.2) is 5.76 Å². The number of carbonyl (C=O) groups is 1. The van der Waals surface area contributed by atoms with Crippen molar-refractivity contribution >= 4 is 17.5 Å². The van der Waals surface area contributed by atoms with Crippen molar-refractivity contribution < 1.29 is 18.7 Å². The first-order chi connectivity index (χ1) is 10.2. The van der Waals surface area contributed by atoms with Crippen LogP contribution in [0.15, 0.2) is 40.8 Å². The molecule has 21 heavy (non-hydrogen) atoms. The van der Waals surface area contributed by atoms with Crippen molar-refractivity contribution in [3.63, 3.8) is 0 Å². The monoisotopic (exact) mass is 307 g/mol. The Kier molecular flexibility index (Phi) is 4.13. The molecular weight excluding hydrogens is 294 g/mol. The minimum absolute atomic E-state index is 0.160. The molecule has 2 heterocycles.